The molecule has 94 valence electrons. The molecular formula is C14H27NO. The van der Waals surface area contributed by atoms with E-state index in [0.717, 1.165) is 25.0 Å². The fraction of sp³-hybridized carbons (Fsp3) is 1.00. The summed E-state index contributed by atoms with van der Waals surface area (Å²) in [6.45, 7) is 6.72. The molecule has 0 aromatic rings. The molecular weight excluding hydrogens is 198 g/mol. The van der Waals surface area contributed by atoms with Gasteiger partial charge >= 0.3 is 0 Å². The van der Waals surface area contributed by atoms with E-state index in [2.05, 4.69) is 19.2 Å². The van der Waals surface area contributed by atoms with Gasteiger partial charge in [-0.3, -0.25) is 0 Å². The Morgan fingerprint density at radius 3 is 2.56 bits per heavy atom. The zero-order valence-corrected chi connectivity index (χ0v) is 10.9. The maximum Gasteiger partial charge on any atom is 0.0756 e. The van der Waals surface area contributed by atoms with Crippen LogP contribution in [0.15, 0.2) is 0 Å². The summed E-state index contributed by atoms with van der Waals surface area (Å²) in [6, 6.07) is 0.625. The maximum absolute atomic E-state index is 5.97. The Balaban J connectivity index is 1.95. The van der Waals surface area contributed by atoms with Crippen molar-refractivity contribution >= 4 is 0 Å². The Labute approximate surface area is 100 Å². The van der Waals surface area contributed by atoms with Gasteiger partial charge in [0.05, 0.1) is 6.10 Å². The molecule has 1 saturated heterocycles. The van der Waals surface area contributed by atoms with Crippen molar-refractivity contribution in [1.29, 1.82) is 0 Å². The molecule has 1 heterocycles. The Bertz CT molecular complexity index is 201. The summed E-state index contributed by atoms with van der Waals surface area (Å²) in [5.74, 6) is 1.62. The molecule has 0 bridgehead atoms. The van der Waals surface area contributed by atoms with Crippen LogP contribution in [0.5, 0.6) is 0 Å². The SMILES string of the molecule is CCCNC(C1CCCC1)C1OCCC1C. The highest BCUT2D eigenvalue weighted by molar-refractivity contribution is 4.91. The molecule has 16 heavy (non-hydrogen) atoms. The summed E-state index contributed by atoms with van der Waals surface area (Å²) in [5, 5.41) is 3.76. The van der Waals surface area contributed by atoms with E-state index in [1.54, 1.807) is 0 Å². The number of rotatable bonds is 5. The summed E-state index contributed by atoms with van der Waals surface area (Å²) in [7, 11) is 0. The van der Waals surface area contributed by atoms with Crippen molar-refractivity contribution in [3.05, 3.63) is 0 Å². The van der Waals surface area contributed by atoms with Gasteiger partial charge in [0.2, 0.25) is 0 Å². The number of hydrogen-bond acceptors (Lipinski definition) is 2. The van der Waals surface area contributed by atoms with Crippen LogP contribution in [0.25, 0.3) is 0 Å². The molecule has 1 saturated carbocycles. The van der Waals surface area contributed by atoms with E-state index in [0.29, 0.717) is 12.1 Å². The summed E-state index contributed by atoms with van der Waals surface area (Å²) in [6.07, 6.45) is 8.63. The van der Waals surface area contributed by atoms with Crippen molar-refractivity contribution in [2.75, 3.05) is 13.2 Å². The molecule has 1 N–H and O–H groups in total. The lowest BCUT2D eigenvalue weighted by molar-refractivity contribution is 0.0416. The summed E-state index contributed by atoms with van der Waals surface area (Å²) in [4.78, 5) is 0. The van der Waals surface area contributed by atoms with Crippen LogP contribution in [-0.4, -0.2) is 25.3 Å². The van der Waals surface area contributed by atoms with Gasteiger partial charge in [0.25, 0.3) is 0 Å². The molecule has 0 aromatic carbocycles. The van der Waals surface area contributed by atoms with Gasteiger partial charge in [0, 0.05) is 12.6 Å². The predicted octanol–water partition coefficient (Wildman–Crippen LogP) is 2.97. The molecule has 2 nitrogen and oxygen atoms in total. The van der Waals surface area contributed by atoms with Gasteiger partial charge in [-0.2, -0.15) is 0 Å². The third kappa shape index (κ3) is 2.78. The lowest BCUT2D eigenvalue weighted by atomic mass is 9.87. The number of ether oxygens (including phenoxy) is 1. The molecule has 0 radical (unpaired) electrons. The second-order valence-corrected chi connectivity index (χ2v) is 5.63. The number of hydrogen-bond donors (Lipinski definition) is 1. The van der Waals surface area contributed by atoms with Crippen molar-refractivity contribution in [3.63, 3.8) is 0 Å². The van der Waals surface area contributed by atoms with E-state index in [-0.39, 0.29) is 0 Å². The first-order chi connectivity index (χ1) is 7.83. The highest BCUT2D eigenvalue weighted by Crippen LogP contribution is 2.34. The zero-order valence-electron chi connectivity index (χ0n) is 10.9. The molecule has 1 aliphatic heterocycles. The molecule has 2 heteroatoms. The Hall–Kier alpha value is -0.0800. The highest BCUT2D eigenvalue weighted by Gasteiger charge is 2.37. The molecule has 2 aliphatic rings. The molecule has 2 rings (SSSR count). The molecule has 3 atom stereocenters. The monoisotopic (exact) mass is 225 g/mol. The molecule has 0 amide bonds. The quantitative estimate of drug-likeness (QED) is 0.776. The standard InChI is InChI=1S/C14H27NO/c1-3-9-15-13(12-6-4-5-7-12)14-11(2)8-10-16-14/h11-15H,3-10H2,1-2H3. The van der Waals surface area contributed by atoms with E-state index in [4.69, 9.17) is 4.74 Å². The average Bonchev–Trinajstić information content (AvgIpc) is 2.91. The molecule has 0 spiro atoms. The predicted molar refractivity (Wildman–Crippen MR) is 67.6 cm³/mol. The van der Waals surface area contributed by atoms with Crippen LogP contribution in [0.3, 0.4) is 0 Å². The Kier molecular flexibility index (Phi) is 4.66. The first kappa shape index (κ1) is 12.4. The van der Waals surface area contributed by atoms with Gasteiger partial charge in [-0.1, -0.05) is 26.7 Å². The first-order valence-corrected chi connectivity index (χ1v) is 7.18. The van der Waals surface area contributed by atoms with Crippen molar-refractivity contribution in [1.82, 2.24) is 5.32 Å². The van der Waals surface area contributed by atoms with Crippen LogP contribution in [0.1, 0.15) is 52.4 Å². The van der Waals surface area contributed by atoms with Gasteiger partial charge in [-0.05, 0) is 44.1 Å². The van der Waals surface area contributed by atoms with Crippen molar-refractivity contribution < 1.29 is 4.74 Å². The minimum Gasteiger partial charge on any atom is -0.376 e. The topological polar surface area (TPSA) is 21.3 Å². The second kappa shape index (κ2) is 6.02. The average molecular weight is 225 g/mol. The fourth-order valence-corrected chi connectivity index (χ4v) is 3.35. The molecule has 0 aromatic heterocycles. The van der Waals surface area contributed by atoms with E-state index < -0.39 is 0 Å². The fourth-order valence-electron chi connectivity index (χ4n) is 3.35. The maximum atomic E-state index is 5.97. The minimum atomic E-state index is 0.481. The van der Waals surface area contributed by atoms with Crippen LogP contribution in [0.4, 0.5) is 0 Å². The van der Waals surface area contributed by atoms with Crippen LogP contribution in [0.2, 0.25) is 0 Å². The van der Waals surface area contributed by atoms with Gasteiger partial charge in [-0.25, -0.2) is 0 Å². The first-order valence-electron chi connectivity index (χ1n) is 7.18. The lowest BCUT2D eigenvalue weighted by Gasteiger charge is -2.32. The van der Waals surface area contributed by atoms with Crippen molar-refractivity contribution in [2.24, 2.45) is 11.8 Å². The van der Waals surface area contributed by atoms with E-state index >= 15 is 0 Å². The van der Waals surface area contributed by atoms with Crippen molar-refractivity contribution in [2.45, 2.75) is 64.5 Å². The van der Waals surface area contributed by atoms with Crippen LogP contribution < -0.4 is 5.32 Å². The third-order valence-corrected chi connectivity index (χ3v) is 4.34. The van der Waals surface area contributed by atoms with Gasteiger partial charge in [-0.15, -0.1) is 0 Å². The van der Waals surface area contributed by atoms with Crippen LogP contribution in [0, 0.1) is 11.8 Å². The Morgan fingerprint density at radius 2 is 2.00 bits per heavy atom. The number of nitrogens with one attached hydrogen (secondary N) is 1. The van der Waals surface area contributed by atoms with E-state index in [9.17, 15) is 0 Å². The van der Waals surface area contributed by atoms with E-state index in [1.807, 2.05) is 0 Å². The summed E-state index contributed by atoms with van der Waals surface area (Å²) >= 11 is 0. The molecule has 2 fully saturated rings. The molecule has 1 aliphatic carbocycles. The normalized spacial score (nSPS) is 33.4. The largest absolute Gasteiger partial charge is 0.376 e. The Morgan fingerprint density at radius 1 is 1.25 bits per heavy atom. The molecule has 3 unspecified atom stereocenters. The second-order valence-electron chi connectivity index (χ2n) is 5.63. The van der Waals surface area contributed by atoms with Crippen LogP contribution in [-0.2, 0) is 4.74 Å². The summed E-state index contributed by atoms with van der Waals surface area (Å²) in [5.41, 5.74) is 0. The lowest BCUT2D eigenvalue weighted by Crippen LogP contribution is -2.47. The van der Waals surface area contributed by atoms with Gasteiger partial charge < -0.3 is 10.1 Å². The summed E-state index contributed by atoms with van der Waals surface area (Å²) < 4.78 is 5.97. The highest BCUT2D eigenvalue weighted by atomic mass is 16.5. The van der Waals surface area contributed by atoms with Crippen LogP contribution >= 0.6 is 0 Å². The van der Waals surface area contributed by atoms with E-state index in [1.165, 1.54) is 38.5 Å². The smallest absolute Gasteiger partial charge is 0.0756 e. The van der Waals surface area contributed by atoms with Gasteiger partial charge in [0.15, 0.2) is 0 Å². The third-order valence-electron chi connectivity index (χ3n) is 4.34. The minimum absolute atomic E-state index is 0.481. The zero-order chi connectivity index (χ0) is 11.4. The van der Waals surface area contributed by atoms with Crippen molar-refractivity contribution in [3.8, 4) is 0 Å². The van der Waals surface area contributed by atoms with Gasteiger partial charge in [0.1, 0.15) is 0 Å².